The number of aromatic nitrogens is 3. The first-order chi connectivity index (χ1) is 9.43. The Hall–Kier alpha value is -2.21. The molecule has 106 valence electrons. The van der Waals surface area contributed by atoms with E-state index in [1.54, 1.807) is 17.1 Å². The second kappa shape index (κ2) is 5.42. The van der Waals surface area contributed by atoms with E-state index >= 15 is 0 Å². The molecule has 0 spiro atoms. The highest BCUT2D eigenvalue weighted by molar-refractivity contribution is 5.96. The van der Waals surface area contributed by atoms with Crippen LogP contribution in [0.15, 0.2) is 30.9 Å². The van der Waals surface area contributed by atoms with Crippen molar-refractivity contribution in [3.8, 4) is 5.69 Å². The maximum Gasteiger partial charge on any atom is 0.252 e. The van der Waals surface area contributed by atoms with Gasteiger partial charge in [0.25, 0.3) is 5.91 Å². The van der Waals surface area contributed by atoms with E-state index in [1.807, 2.05) is 32.9 Å². The van der Waals surface area contributed by atoms with Gasteiger partial charge in [-0.25, -0.2) is 9.67 Å². The summed E-state index contributed by atoms with van der Waals surface area (Å²) < 4.78 is 1.65. The molecular weight excluding hydrogens is 254 g/mol. The second-order valence-electron chi connectivity index (χ2n) is 5.38. The Labute approximate surface area is 118 Å². The van der Waals surface area contributed by atoms with Crippen LogP contribution in [-0.2, 0) is 0 Å². The van der Waals surface area contributed by atoms with Crippen LogP contribution in [0.4, 0.5) is 0 Å². The minimum Gasteiger partial charge on any atom is -0.346 e. The first-order valence-corrected chi connectivity index (χ1v) is 6.41. The quantitative estimate of drug-likeness (QED) is 0.871. The number of carbonyl (C=O) groups is 1. The third kappa shape index (κ3) is 3.03. The SMILES string of the molecule is Cc1cc(-n2cncn2)ccc1C(=O)NC(C)(C)CN. The predicted molar refractivity (Wildman–Crippen MR) is 76.7 cm³/mol. The van der Waals surface area contributed by atoms with Gasteiger partial charge in [0.15, 0.2) is 0 Å². The Morgan fingerprint density at radius 2 is 2.20 bits per heavy atom. The van der Waals surface area contributed by atoms with Gasteiger partial charge in [0.2, 0.25) is 0 Å². The zero-order valence-electron chi connectivity index (χ0n) is 11.9. The van der Waals surface area contributed by atoms with Crippen LogP contribution in [0.5, 0.6) is 0 Å². The number of carbonyl (C=O) groups excluding carboxylic acids is 1. The second-order valence-corrected chi connectivity index (χ2v) is 5.38. The minimum absolute atomic E-state index is 0.122. The number of amides is 1. The Morgan fingerprint density at radius 1 is 1.45 bits per heavy atom. The van der Waals surface area contributed by atoms with Crippen LogP contribution in [0, 0.1) is 6.92 Å². The zero-order valence-corrected chi connectivity index (χ0v) is 11.9. The van der Waals surface area contributed by atoms with E-state index in [9.17, 15) is 4.79 Å². The van der Waals surface area contributed by atoms with Crippen molar-refractivity contribution in [2.75, 3.05) is 6.54 Å². The molecule has 1 aromatic carbocycles. The van der Waals surface area contributed by atoms with Crippen LogP contribution in [0.2, 0.25) is 0 Å². The fourth-order valence-electron chi connectivity index (χ4n) is 1.81. The number of rotatable bonds is 4. The number of nitrogens with one attached hydrogen (secondary N) is 1. The van der Waals surface area contributed by atoms with Crippen molar-refractivity contribution in [3.05, 3.63) is 42.0 Å². The summed E-state index contributed by atoms with van der Waals surface area (Å²) in [7, 11) is 0. The lowest BCUT2D eigenvalue weighted by molar-refractivity contribution is 0.0915. The first-order valence-electron chi connectivity index (χ1n) is 6.41. The standard InChI is InChI=1S/C14H19N5O/c1-10-6-11(19-9-16-8-17-19)4-5-12(10)13(20)18-14(2,3)7-15/h4-6,8-9H,7,15H2,1-3H3,(H,18,20). The number of aryl methyl sites for hydroxylation is 1. The zero-order chi connectivity index (χ0) is 14.8. The molecule has 6 heteroatoms. The van der Waals surface area contributed by atoms with Crippen molar-refractivity contribution >= 4 is 5.91 Å². The number of benzene rings is 1. The minimum atomic E-state index is -0.423. The fraction of sp³-hybridized carbons (Fsp3) is 0.357. The maximum atomic E-state index is 12.2. The number of hydrogen-bond donors (Lipinski definition) is 2. The highest BCUT2D eigenvalue weighted by atomic mass is 16.1. The van der Waals surface area contributed by atoms with Crippen molar-refractivity contribution in [1.82, 2.24) is 20.1 Å². The van der Waals surface area contributed by atoms with Crippen molar-refractivity contribution < 1.29 is 4.79 Å². The highest BCUT2D eigenvalue weighted by Gasteiger charge is 2.20. The van der Waals surface area contributed by atoms with E-state index in [2.05, 4.69) is 15.4 Å². The molecule has 0 fully saturated rings. The summed E-state index contributed by atoms with van der Waals surface area (Å²) in [5, 5.41) is 6.98. The largest absolute Gasteiger partial charge is 0.346 e. The molecule has 1 amide bonds. The number of nitrogens with two attached hydrogens (primary N) is 1. The third-order valence-corrected chi connectivity index (χ3v) is 3.10. The summed E-state index contributed by atoms with van der Waals surface area (Å²) in [4.78, 5) is 16.1. The average Bonchev–Trinajstić information content (AvgIpc) is 2.91. The molecule has 0 aliphatic carbocycles. The van der Waals surface area contributed by atoms with Crippen LogP contribution < -0.4 is 11.1 Å². The van der Waals surface area contributed by atoms with E-state index in [0.29, 0.717) is 12.1 Å². The van der Waals surface area contributed by atoms with Gasteiger partial charge in [0.05, 0.1) is 5.69 Å². The molecule has 0 aliphatic rings. The lowest BCUT2D eigenvalue weighted by Crippen LogP contribution is -2.49. The van der Waals surface area contributed by atoms with Gasteiger partial charge in [0, 0.05) is 17.6 Å². The lowest BCUT2D eigenvalue weighted by Gasteiger charge is -2.24. The molecule has 20 heavy (non-hydrogen) atoms. The van der Waals surface area contributed by atoms with E-state index in [-0.39, 0.29) is 5.91 Å². The van der Waals surface area contributed by atoms with Crippen LogP contribution in [0.1, 0.15) is 29.8 Å². The molecule has 3 N–H and O–H groups in total. The molecule has 0 bridgehead atoms. The van der Waals surface area contributed by atoms with Gasteiger partial charge >= 0.3 is 0 Å². The van der Waals surface area contributed by atoms with Crippen molar-refractivity contribution in [1.29, 1.82) is 0 Å². The molecule has 0 unspecified atom stereocenters. The summed E-state index contributed by atoms with van der Waals surface area (Å²) in [6.45, 7) is 6.06. The molecule has 2 rings (SSSR count). The molecule has 2 aromatic rings. The van der Waals surface area contributed by atoms with Crippen molar-refractivity contribution in [2.24, 2.45) is 5.73 Å². The molecule has 0 saturated heterocycles. The van der Waals surface area contributed by atoms with Crippen LogP contribution in [0.3, 0.4) is 0 Å². The average molecular weight is 273 g/mol. The molecule has 6 nitrogen and oxygen atoms in total. The van der Waals surface area contributed by atoms with Gasteiger partial charge in [-0.2, -0.15) is 5.10 Å². The lowest BCUT2D eigenvalue weighted by atomic mass is 10.0. The molecule has 0 atom stereocenters. The first kappa shape index (κ1) is 14.2. The fourth-order valence-corrected chi connectivity index (χ4v) is 1.81. The van der Waals surface area contributed by atoms with Gasteiger partial charge in [-0.3, -0.25) is 4.79 Å². The Bertz CT molecular complexity index is 604. The van der Waals surface area contributed by atoms with Crippen molar-refractivity contribution in [3.63, 3.8) is 0 Å². The molecule has 1 aromatic heterocycles. The predicted octanol–water partition coefficient (Wildman–Crippen LogP) is 1.04. The summed E-state index contributed by atoms with van der Waals surface area (Å²) >= 11 is 0. The number of nitrogens with zero attached hydrogens (tertiary/aromatic N) is 3. The van der Waals surface area contributed by atoms with E-state index in [1.165, 1.54) is 6.33 Å². The number of hydrogen-bond acceptors (Lipinski definition) is 4. The normalized spacial score (nSPS) is 11.4. The molecular formula is C14H19N5O. The van der Waals surface area contributed by atoms with Gasteiger partial charge in [-0.15, -0.1) is 0 Å². The molecule has 0 saturated carbocycles. The van der Waals surface area contributed by atoms with Gasteiger partial charge < -0.3 is 11.1 Å². The third-order valence-electron chi connectivity index (χ3n) is 3.10. The van der Waals surface area contributed by atoms with Gasteiger partial charge in [0.1, 0.15) is 12.7 Å². The smallest absolute Gasteiger partial charge is 0.252 e. The summed E-state index contributed by atoms with van der Waals surface area (Å²) in [6, 6.07) is 5.53. The Morgan fingerprint density at radius 3 is 2.75 bits per heavy atom. The summed E-state index contributed by atoms with van der Waals surface area (Å²) in [5.74, 6) is -0.122. The van der Waals surface area contributed by atoms with E-state index in [4.69, 9.17) is 5.73 Å². The van der Waals surface area contributed by atoms with Crippen LogP contribution >= 0.6 is 0 Å². The summed E-state index contributed by atoms with van der Waals surface area (Å²) in [6.07, 6.45) is 3.09. The van der Waals surface area contributed by atoms with E-state index in [0.717, 1.165) is 11.3 Å². The molecule has 1 heterocycles. The van der Waals surface area contributed by atoms with Crippen LogP contribution in [-0.4, -0.2) is 32.8 Å². The van der Waals surface area contributed by atoms with E-state index < -0.39 is 5.54 Å². The van der Waals surface area contributed by atoms with Crippen LogP contribution in [0.25, 0.3) is 5.69 Å². The molecule has 0 aliphatic heterocycles. The van der Waals surface area contributed by atoms with Crippen molar-refractivity contribution in [2.45, 2.75) is 26.3 Å². The Balaban J connectivity index is 2.24. The highest BCUT2D eigenvalue weighted by Crippen LogP contribution is 2.15. The summed E-state index contributed by atoms with van der Waals surface area (Å²) in [5.41, 5.74) is 7.59. The Kier molecular flexibility index (Phi) is 3.85. The molecule has 0 radical (unpaired) electrons. The maximum absolute atomic E-state index is 12.2. The monoisotopic (exact) mass is 273 g/mol. The van der Waals surface area contributed by atoms with Gasteiger partial charge in [-0.05, 0) is 44.5 Å². The topological polar surface area (TPSA) is 85.8 Å². The van der Waals surface area contributed by atoms with Gasteiger partial charge in [-0.1, -0.05) is 0 Å².